The number of benzene rings is 1. The molecule has 1 aliphatic heterocycles. The standard InChI is InChI=1S/C19H20FN3O/c1-14-13-23(19(24)22-18-3-2-9-21-12-18)10-8-16(14)11-15-4-6-17(20)7-5-15/h2-7,9,11-12,14H,8,10,13H2,1H3,(H,22,24)/b16-11+. The van der Waals surface area contributed by atoms with Gasteiger partial charge >= 0.3 is 6.03 Å². The van der Waals surface area contributed by atoms with Crippen LogP contribution in [0.4, 0.5) is 14.9 Å². The summed E-state index contributed by atoms with van der Waals surface area (Å²) in [5.74, 6) is 0.0375. The van der Waals surface area contributed by atoms with Crippen molar-refractivity contribution < 1.29 is 9.18 Å². The Morgan fingerprint density at radius 3 is 2.79 bits per heavy atom. The third kappa shape index (κ3) is 3.98. The second-order valence-electron chi connectivity index (χ2n) is 6.04. The van der Waals surface area contributed by atoms with Crippen molar-refractivity contribution in [3.63, 3.8) is 0 Å². The molecule has 0 aliphatic carbocycles. The number of likely N-dealkylation sites (tertiary alicyclic amines) is 1. The Morgan fingerprint density at radius 2 is 2.12 bits per heavy atom. The summed E-state index contributed by atoms with van der Waals surface area (Å²) in [5.41, 5.74) is 2.97. The first kappa shape index (κ1) is 16.2. The number of nitrogens with zero attached hydrogens (tertiary/aromatic N) is 2. The maximum Gasteiger partial charge on any atom is 0.321 e. The fourth-order valence-electron chi connectivity index (χ4n) is 2.86. The molecule has 24 heavy (non-hydrogen) atoms. The normalized spacial score (nSPS) is 19.3. The van der Waals surface area contributed by atoms with E-state index in [1.54, 1.807) is 30.6 Å². The van der Waals surface area contributed by atoms with Crippen molar-refractivity contribution >= 4 is 17.8 Å². The number of carbonyl (C=O) groups excluding carboxylic acids is 1. The first-order valence-electron chi connectivity index (χ1n) is 8.04. The minimum atomic E-state index is -0.230. The summed E-state index contributed by atoms with van der Waals surface area (Å²) in [5, 5.41) is 2.87. The number of anilines is 1. The minimum absolute atomic E-state index is 0.101. The van der Waals surface area contributed by atoms with Gasteiger partial charge in [-0.3, -0.25) is 4.98 Å². The number of nitrogens with one attached hydrogen (secondary N) is 1. The SMILES string of the molecule is CC1CN(C(=O)Nc2cccnc2)CC/C1=C\c1ccc(F)cc1. The quantitative estimate of drug-likeness (QED) is 0.900. The second kappa shape index (κ2) is 7.25. The van der Waals surface area contributed by atoms with Gasteiger partial charge in [0.1, 0.15) is 5.82 Å². The maximum atomic E-state index is 13.0. The van der Waals surface area contributed by atoms with Gasteiger partial charge in [0.2, 0.25) is 0 Å². The lowest BCUT2D eigenvalue weighted by Gasteiger charge is -2.33. The van der Waals surface area contributed by atoms with E-state index in [1.807, 2.05) is 11.0 Å². The molecule has 1 saturated heterocycles. The number of hydrogen-bond donors (Lipinski definition) is 1. The van der Waals surface area contributed by atoms with Crippen molar-refractivity contribution in [3.8, 4) is 0 Å². The Balaban J connectivity index is 1.62. The van der Waals surface area contributed by atoms with E-state index in [1.165, 1.54) is 17.7 Å². The zero-order valence-corrected chi connectivity index (χ0v) is 13.6. The van der Waals surface area contributed by atoms with Crippen LogP contribution in [0.5, 0.6) is 0 Å². The summed E-state index contributed by atoms with van der Waals surface area (Å²) in [6.07, 6.45) is 6.22. The lowest BCUT2D eigenvalue weighted by Crippen LogP contribution is -2.42. The van der Waals surface area contributed by atoms with Crippen LogP contribution in [0.2, 0.25) is 0 Å². The van der Waals surface area contributed by atoms with Crippen LogP contribution in [0.1, 0.15) is 18.9 Å². The predicted octanol–water partition coefficient (Wildman–Crippen LogP) is 4.18. The fourth-order valence-corrected chi connectivity index (χ4v) is 2.86. The lowest BCUT2D eigenvalue weighted by molar-refractivity contribution is 0.198. The Bertz CT molecular complexity index is 728. The molecule has 0 radical (unpaired) electrons. The van der Waals surface area contributed by atoms with Crippen LogP contribution in [0, 0.1) is 11.7 Å². The molecule has 1 atom stereocenters. The number of halogens is 1. The van der Waals surface area contributed by atoms with Crippen LogP contribution in [0.3, 0.4) is 0 Å². The van der Waals surface area contributed by atoms with Crippen LogP contribution in [0.15, 0.2) is 54.4 Å². The van der Waals surface area contributed by atoms with Gasteiger partial charge in [-0.05, 0) is 42.2 Å². The topological polar surface area (TPSA) is 45.2 Å². The molecule has 1 unspecified atom stereocenters. The van der Waals surface area contributed by atoms with E-state index in [2.05, 4.69) is 23.3 Å². The van der Waals surface area contributed by atoms with Gasteiger partial charge in [0.15, 0.2) is 0 Å². The van der Waals surface area contributed by atoms with Crippen molar-refractivity contribution in [1.29, 1.82) is 0 Å². The number of rotatable bonds is 2. The molecule has 2 heterocycles. The molecule has 4 nitrogen and oxygen atoms in total. The first-order chi connectivity index (χ1) is 11.6. The van der Waals surface area contributed by atoms with Gasteiger partial charge < -0.3 is 10.2 Å². The zero-order valence-electron chi connectivity index (χ0n) is 13.6. The predicted molar refractivity (Wildman–Crippen MR) is 93.0 cm³/mol. The molecular formula is C19H20FN3O. The van der Waals surface area contributed by atoms with Gasteiger partial charge in [-0.25, -0.2) is 9.18 Å². The van der Waals surface area contributed by atoms with Crippen molar-refractivity contribution in [2.45, 2.75) is 13.3 Å². The van der Waals surface area contributed by atoms with Gasteiger partial charge in [-0.2, -0.15) is 0 Å². The summed E-state index contributed by atoms with van der Waals surface area (Å²) < 4.78 is 13.0. The molecule has 1 aliphatic rings. The summed E-state index contributed by atoms with van der Waals surface area (Å²) in [7, 11) is 0. The lowest BCUT2D eigenvalue weighted by atomic mass is 9.91. The maximum absolute atomic E-state index is 13.0. The summed E-state index contributed by atoms with van der Waals surface area (Å²) in [6, 6.07) is 9.99. The third-order valence-electron chi connectivity index (χ3n) is 4.22. The molecule has 2 aromatic rings. The van der Waals surface area contributed by atoms with Gasteiger partial charge in [0.05, 0.1) is 11.9 Å². The average Bonchev–Trinajstić information content (AvgIpc) is 2.59. The van der Waals surface area contributed by atoms with E-state index >= 15 is 0 Å². The molecule has 1 aromatic carbocycles. The molecule has 1 N–H and O–H groups in total. The van der Waals surface area contributed by atoms with E-state index in [0.29, 0.717) is 18.8 Å². The van der Waals surface area contributed by atoms with E-state index in [4.69, 9.17) is 0 Å². The molecule has 0 saturated carbocycles. The molecule has 0 spiro atoms. The highest BCUT2D eigenvalue weighted by atomic mass is 19.1. The number of hydrogen-bond acceptors (Lipinski definition) is 2. The van der Waals surface area contributed by atoms with Gasteiger partial charge in [-0.1, -0.05) is 30.7 Å². The Hall–Kier alpha value is -2.69. The Kier molecular flexibility index (Phi) is 4.89. The highest BCUT2D eigenvalue weighted by Crippen LogP contribution is 2.25. The van der Waals surface area contributed by atoms with Crippen molar-refractivity contribution in [2.75, 3.05) is 18.4 Å². The van der Waals surface area contributed by atoms with E-state index in [9.17, 15) is 9.18 Å². The van der Waals surface area contributed by atoms with Crippen molar-refractivity contribution in [3.05, 3.63) is 65.7 Å². The van der Waals surface area contributed by atoms with Gasteiger partial charge in [0, 0.05) is 19.3 Å². The van der Waals surface area contributed by atoms with E-state index in [0.717, 1.165) is 12.0 Å². The summed E-state index contributed by atoms with van der Waals surface area (Å²) in [6.45, 7) is 3.45. The van der Waals surface area contributed by atoms with Crippen LogP contribution in [-0.2, 0) is 0 Å². The largest absolute Gasteiger partial charge is 0.324 e. The molecule has 5 heteroatoms. The van der Waals surface area contributed by atoms with Crippen LogP contribution in [-0.4, -0.2) is 29.0 Å². The highest BCUT2D eigenvalue weighted by Gasteiger charge is 2.24. The molecule has 0 bridgehead atoms. The first-order valence-corrected chi connectivity index (χ1v) is 8.04. The molecule has 1 fully saturated rings. The van der Waals surface area contributed by atoms with Crippen molar-refractivity contribution in [2.24, 2.45) is 5.92 Å². The van der Waals surface area contributed by atoms with E-state index in [-0.39, 0.29) is 17.8 Å². The van der Waals surface area contributed by atoms with Crippen LogP contribution >= 0.6 is 0 Å². The highest BCUT2D eigenvalue weighted by molar-refractivity contribution is 5.89. The molecular weight excluding hydrogens is 305 g/mol. The number of amides is 2. The number of pyridine rings is 1. The second-order valence-corrected chi connectivity index (χ2v) is 6.04. The molecule has 2 amide bonds. The van der Waals surface area contributed by atoms with E-state index < -0.39 is 0 Å². The smallest absolute Gasteiger partial charge is 0.321 e. The summed E-state index contributed by atoms with van der Waals surface area (Å²) >= 11 is 0. The average molecular weight is 325 g/mol. The molecule has 124 valence electrons. The molecule has 3 rings (SSSR count). The Morgan fingerprint density at radius 1 is 1.33 bits per heavy atom. The van der Waals surface area contributed by atoms with Crippen LogP contribution in [0.25, 0.3) is 6.08 Å². The van der Waals surface area contributed by atoms with Gasteiger partial charge in [-0.15, -0.1) is 0 Å². The number of urea groups is 1. The Labute approximate surface area is 141 Å². The number of piperidine rings is 1. The number of aromatic nitrogens is 1. The minimum Gasteiger partial charge on any atom is -0.324 e. The number of carbonyl (C=O) groups is 1. The molecule has 1 aromatic heterocycles. The van der Waals surface area contributed by atoms with Crippen LogP contribution < -0.4 is 5.32 Å². The monoisotopic (exact) mass is 325 g/mol. The summed E-state index contributed by atoms with van der Waals surface area (Å²) in [4.78, 5) is 18.2. The van der Waals surface area contributed by atoms with Crippen molar-refractivity contribution in [1.82, 2.24) is 9.88 Å². The fraction of sp³-hybridized carbons (Fsp3) is 0.263. The zero-order chi connectivity index (χ0) is 16.9. The van der Waals surface area contributed by atoms with Gasteiger partial charge in [0.25, 0.3) is 0 Å². The third-order valence-corrected chi connectivity index (χ3v) is 4.22.